The Labute approximate surface area is 141 Å². The zero-order chi connectivity index (χ0) is 17.5. The lowest BCUT2D eigenvalue weighted by molar-refractivity contribution is -0.276. The van der Waals surface area contributed by atoms with Crippen molar-refractivity contribution in [3.63, 3.8) is 0 Å². The zero-order valence-corrected chi connectivity index (χ0v) is 15.4. The predicted octanol–water partition coefficient (Wildman–Crippen LogP) is 4.97. The van der Waals surface area contributed by atoms with Crippen molar-refractivity contribution >= 4 is 0 Å². The summed E-state index contributed by atoms with van der Waals surface area (Å²) in [6.07, 6.45) is 8.44. The van der Waals surface area contributed by atoms with Crippen LogP contribution < -0.4 is 0 Å². The van der Waals surface area contributed by atoms with Gasteiger partial charge in [-0.2, -0.15) is 0 Å². The third-order valence-corrected chi connectivity index (χ3v) is 7.34. The molecule has 1 saturated carbocycles. The highest BCUT2D eigenvalue weighted by atomic mass is 17.1. The lowest BCUT2D eigenvalue weighted by atomic mass is 9.46. The number of aliphatic hydroxyl groups is 1. The molecule has 6 unspecified atom stereocenters. The van der Waals surface area contributed by atoms with Gasteiger partial charge < -0.3 is 5.11 Å². The molecule has 3 heteroatoms. The fraction of sp³-hybridized carbons (Fsp3) is 0.800. The van der Waals surface area contributed by atoms with E-state index in [1.165, 1.54) is 18.4 Å². The first-order chi connectivity index (χ1) is 10.6. The molecule has 3 nitrogen and oxygen atoms in total. The third-order valence-electron chi connectivity index (χ3n) is 7.34. The molecule has 1 fully saturated rings. The molecule has 2 N–H and O–H groups in total. The van der Waals surface area contributed by atoms with Crippen LogP contribution >= 0.6 is 0 Å². The van der Waals surface area contributed by atoms with Crippen LogP contribution in [-0.4, -0.2) is 22.1 Å². The SMILES string of the molecule is C=CC(C)(O)CCC1(C)C(C)CCC2(C)C(C)=CC(OO)CC21. The summed E-state index contributed by atoms with van der Waals surface area (Å²) >= 11 is 0. The number of fused-ring (bicyclic) bond motifs is 1. The average molecular weight is 322 g/mol. The van der Waals surface area contributed by atoms with Crippen molar-refractivity contribution in [3.8, 4) is 0 Å². The summed E-state index contributed by atoms with van der Waals surface area (Å²) in [6.45, 7) is 14.8. The Morgan fingerprint density at radius 3 is 2.70 bits per heavy atom. The van der Waals surface area contributed by atoms with Crippen LogP contribution in [0.3, 0.4) is 0 Å². The average Bonchev–Trinajstić information content (AvgIpc) is 2.52. The van der Waals surface area contributed by atoms with E-state index >= 15 is 0 Å². The smallest absolute Gasteiger partial charge is 0.111 e. The van der Waals surface area contributed by atoms with Crippen molar-refractivity contribution in [2.45, 2.75) is 78.4 Å². The molecular formula is C20H34O3. The Kier molecular flexibility index (Phi) is 5.16. The summed E-state index contributed by atoms with van der Waals surface area (Å²) < 4.78 is 0. The van der Waals surface area contributed by atoms with Crippen LogP contribution in [0.15, 0.2) is 24.3 Å². The summed E-state index contributed by atoms with van der Waals surface area (Å²) in [7, 11) is 0. The Morgan fingerprint density at radius 1 is 1.48 bits per heavy atom. The fourth-order valence-electron chi connectivity index (χ4n) is 4.98. The van der Waals surface area contributed by atoms with Gasteiger partial charge in [0.25, 0.3) is 0 Å². The van der Waals surface area contributed by atoms with Crippen molar-refractivity contribution in [3.05, 3.63) is 24.3 Å². The molecule has 0 aliphatic heterocycles. The molecule has 0 heterocycles. The Morgan fingerprint density at radius 2 is 2.13 bits per heavy atom. The van der Waals surface area contributed by atoms with Gasteiger partial charge in [0.15, 0.2) is 0 Å². The quantitative estimate of drug-likeness (QED) is 0.427. The van der Waals surface area contributed by atoms with E-state index in [1.807, 2.05) is 6.92 Å². The van der Waals surface area contributed by atoms with E-state index in [4.69, 9.17) is 4.89 Å². The minimum absolute atomic E-state index is 0.117. The van der Waals surface area contributed by atoms with Gasteiger partial charge in [-0.25, -0.2) is 4.89 Å². The standard InChI is InChI=1S/C20H34O3/c1-7-18(4,21)10-11-20(6)14(2)8-9-19(5)15(3)12-16(23-22)13-17(19)20/h7,12,14,16-17,21-22H,1,8-11,13H2,2-6H3. The predicted molar refractivity (Wildman–Crippen MR) is 94.0 cm³/mol. The molecule has 0 radical (unpaired) electrons. The molecule has 132 valence electrons. The van der Waals surface area contributed by atoms with E-state index in [2.05, 4.69) is 40.3 Å². The molecule has 6 atom stereocenters. The highest BCUT2D eigenvalue weighted by Crippen LogP contribution is 2.62. The van der Waals surface area contributed by atoms with Crippen molar-refractivity contribution < 1.29 is 15.3 Å². The molecule has 23 heavy (non-hydrogen) atoms. The van der Waals surface area contributed by atoms with Gasteiger partial charge >= 0.3 is 0 Å². The van der Waals surface area contributed by atoms with Gasteiger partial charge in [-0.05, 0) is 68.6 Å². The van der Waals surface area contributed by atoms with Gasteiger partial charge in [0.1, 0.15) is 6.10 Å². The van der Waals surface area contributed by atoms with Crippen molar-refractivity contribution in [2.75, 3.05) is 0 Å². The summed E-state index contributed by atoms with van der Waals surface area (Å²) in [5, 5.41) is 19.6. The van der Waals surface area contributed by atoms with E-state index < -0.39 is 5.60 Å². The minimum Gasteiger partial charge on any atom is -0.386 e. The topological polar surface area (TPSA) is 49.7 Å². The Hall–Kier alpha value is -0.640. The van der Waals surface area contributed by atoms with Gasteiger partial charge in [-0.3, -0.25) is 5.26 Å². The van der Waals surface area contributed by atoms with Gasteiger partial charge in [-0.1, -0.05) is 38.5 Å². The maximum Gasteiger partial charge on any atom is 0.111 e. The summed E-state index contributed by atoms with van der Waals surface area (Å²) in [5.41, 5.74) is 0.799. The monoisotopic (exact) mass is 322 g/mol. The van der Waals surface area contributed by atoms with E-state index in [1.54, 1.807) is 6.08 Å². The molecule has 2 rings (SSSR count). The fourth-order valence-corrected chi connectivity index (χ4v) is 4.98. The zero-order valence-electron chi connectivity index (χ0n) is 15.4. The van der Waals surface area contributed by atoms with Gasteiger partial charge in [0.2, 0.25) is 0 Å². The van der Waals surface area contributed by atoms with Crippen LogP contribution in [0.5, 0.6) is 0 Å². The lowest BCUT2D eigenvalue weighted by Gasteiger charge is -2.59. The number of hydrogen-bond acceptors (Lipinski definition) is 3. The Bertz CT molecular complexity index is 481. The van der Waals surface area contributed by atoms with Crippen molar-refractivity contribution in [1.82, 2.24) is 0 Å². The highest BCUT2D eigenvalue weighted by molar-refractivity contribution is 5.23. The van der Waals surface area contributed by atoms with Crippen LogP contribution in [0.2, 0.25) is 0 Å². The van der Waals surface area contributed by atoms with Crippen LogP contribution in [0.1, 0.15) is 66.7 Å². The Balaban J connectivity index is 2.33. The first-order valence-corrected chi connectivity index (χ1v) is 8.94. The van der Waals surface area contributed by atoms with Gasteiger partial charge in [-0.15, -0.1) is 6.58 Å². The molecule has 2 aliphatic carbocycles. The van der Waals surface area contributed by atoms with Crippen LogP contribution in [-0.2, 0) is 4.89 Å². The molecular weight excluding hydrogens is 288 g/mol. The largest absolute Gasteiger partial charge is 0.386 e. The molecule has 0 aromatic carbocycles. The lowest BCUT2D eigenvalue weighted by Crippen LogP contribution is -2.52. The number of rotatable bonds is 5. The first kappa shape index (κ1) is 18.7. The molecule has 0 amide bonds. The summed E-state index contributed by atoms with van der Waals surface area (Å²) in [5.74, 6) is 1.04. The minimum atomic E-state index is -0.816. The maximum absolute atomic E-state index is 10.4. The van der Waals surface area contributed by atoms with Crippen molar-refractivity contribution in [1.29, 1.82) is 0 Å². The first-order valence-electron chi connectivity index (χ1n) is 8.94. The molecule has 0 saturated heterocycles. The maximum atomic E-state index is 10.4. The summed E-state index contributed by atoms with van der Waals surface area (Å²) in [4.78, 5) is 4.71. The second-order valence-electron chi connectivity index (χ2n) is 8.71. The second-order valence-corrected chi connectivity index (χ2v) is 8.71. The molecule has 0 bridgehead atoms. The second kappa shape index (κ2) is 6.34. The van der Waals surface area contributed by atoms with Crippen LogP contribution in [0.25, 0.3) is 0 Å². The van der Waals surface area contributed by atoms with Crippen molar-refractivity contribution in [2.24, 2.45) is 22.7 Å². The number of hydrogen-bond donors (Lipinski definition) is 2. The molecule has 0 aromatic rings. The van der Waals surface area contributed by atoms with E-state index in [0.717, 1.165) is 19.3 Å². The molecule has 2 aliphatic rings. The normalized spacial score (nSPS) is 43.3. The van der Waals surface area contributed by atoms with E-state index in [0.29, 0.717) is 11.8 Å². The van der Waals surface area contributed by atoms with E-state index in [9.17, 15) is 10.4 Å². The van der Waals surface area contributed by atoms with Gasteiger partial charge in [0, 0.05) is 0 Å². The molecule has 0 aromatic heterocycles. The molecule has 0 spiro atoms. The highest BCUT2D eigenvalue weighted by Gasteiger charge is 2.54. The van der Waals surface area contributed by atoms with Crippen LogP contribution in [0.4, 0.5) is 0 Å². The van der Waals surface area contributed by atoms with E-state index in [-0.39, 0.29) is 16.9 Å². The number of allylic oxidation sites excluding steroid dienone is 1. The van der Waals surface area contributed by atoms with Crippen LogP contribution in [0, 0.1) is 22.7 Å². The third kappa shape index (κ3) is 3.29. The van der Waals surface area contributed by atoms with Gasteiger partial charge in [0.05, 0.1) is 5.60 Å². The summed E-state index contributed by atoms with van der Waals surface area (Å²) in [6, 6.07) is 0.